The number of nitrogens with one attached hydrogen (secondary N) is 1. The molecule has 0 aliphatic heterocycles. The van der Waals surface area contributed by atoms with Crippen LogP contribution in [0.5, 0.6) is 5.75 Å². The highest BCUT2D eigenvalue weighted by Crippen LogP contribution is 2.19. The molecule has 1 rings (SSSR count). The van der Waals surface area contributed by atoms with E-state index >= 15 is 0 Å². The van der Waals surface area contributed by atoms with Crippen LogP contribution < -0.4 is 10.1 Å². The van der Waals surface area contributed by atoms with Gasteiger partial charge >= 0.3 is 0 Å². The van der Waals surface area contributed by atoms with Crippen LogP contribution in [0.15, 0.2) is 30.3 Å². The lowest BCUT2D eigenvalue weighted by molar-refractivity contribution is -0.117. The molecule has 1 aromatic rings. The smallest absolute Gasteiger partial charge is 0.244 e. The van der Waals surface area contributed by atoms with E-state index in [-0.39, 0.29) is 18.6 Å². The van der Waals surface area contributed by atoms with Gasteiger partial charge in [-0.25, -0.2) is 0 Å². The molecule has 0 bridgehead atoms. The number of aliphatic hydroxyl groups excluding tert-OH is 1. The van der Waals surface area contributed by atoms with E-state index in [4.69, 9.17) is 9.84 Å². The van der Waals surface area contributed by atoms with Crippen molar-refractivity contribution in [3.05, 3.63) is 35.9 Å². The molecule has 4 heteroatoms. The van der Waals surface area contributed by atoms with Crippen LogP contribution >= 0.6 is 0 Å². The first-order valence-electron chi connectivity index (χ1n) is 5.98. The highest BCUT2D eigenvalue weighted by Gasteiger charge is 2.03. The number of aliphatic hydroxyl groups is 1. The lowest BCUT2D eigenvalue weighted by Crippen LogP contribution is -2.33. The summed E-state index contributed by atoms with van der Waals surface area (Å²) < 4.78 is 5.45. The Morgan fingerprint density at radius 3 is 2.89 bits per heavy atom. The summed E-state index contributed by atoms with van der Waals surface area (Å²) in [6, 6.07) is 7.26. The molecule has 98 valence electrons. The van der Waals surface area contributed by atoms with E-state index in [1.165, 1.54) is 6.08 Å². The fourth-order valence-corrected chi connectivity index (χ4v) is 1.41. The third kappa shape index (κ3) is 4.59. The molecule has 4 nitrogen and oxygen atoms in total. The number of hydrogen-bond donors (Lipinski definition) is 2. The molecule has 0 saturated carbocycles. The van der Waals surface area contributed by atoms with Crippen molar-refractivity contribution >= 4 is 12.0 Å². The molecule has 2 N–H and O–H groups in total. The third-order valence-corrected chi connectivity index (χ3v) is 2.30. The second-order valence-corrected chi connectivity index (χ2v) is 3.90. The van der Waals surface area contributed by atoms with Crippen LogP contribution in [-0.4, -0.2) is 30.3 Å². The molecule has 18 heavy (non-hydrogen) atoms. The predicted octanol–water partition coefficient (Wildman–Crippen LogP) is 1.60. The van der Waals surface area contributed by atoms with Gasteiger partial charge in [0.25, 0.3) is 0 Å². The first-order chi connectivity index (χ1) is 8.67. The van der Waals surface area contributed by atoms with E-state index in [0.29, 0.717) is 6.61 Å². The SMILES string of the molecule is CCOc1ccccc1C=CC(=O)N[C@H](C)CO. The van der Waals surface area contributed by atoms with Crippen molar-refractivity contribution in [2.45, 2.75) is 19.9 Å². The first-order valence-corrected chi connectivity index (χ1v) is 5.98. The minimum atomic E-state index is -0.246. The molecule has 0 aliphatic carbocycles. The van der Waals surface area contributed by atoms with E-state index in [9.17, 15) is 4.79 Å². The number of hydrogen-bond acceptors (Lipinski definition) is 3. The standard InChI is InChI=1S/C14H19NO3/c1-3-18-13-7-5-4-6-12(13)8-9-14(17)15-11(2)10-16/h4-9,11,16H,3,10H2,1-2H3,(H,15,17)/t11-/m1/s1. The zero-order chi connectivity index (χ0) is 13.4. The summed E-state index contributed by atoms with van der Waals surface area (Å²) in [4.78, 5) is 11.5. The van der Waals surface area contributed by atoms with Gasteiger partial charge in [-0.2, -0.15) is 0 Å². The van der Waals surface area contributed by atoms with Gasteiger partial charge in [-0.05, 0) is 26.0 Å². The molecule has 0 aromatic heterocycles. The maximum absolute atomic E-state index is 11.5. The first kappa shape index (κ1) is 14.3. The van der Waals surface area contributed by atoms with Gasteiger partial charge in [0, 0.05) is 17.7 Å². The predicted molar refractivity (Wildman–Crippen MR) is 71.3 cm³/mol. The second kappa shape index (κ2) is 7.50. The number of amides is 1. The highest BCUT2D eigenvalue weighted by atomic mass is 16.5. The fraction of sp³-hybridized carbons (Fsp3) is 0.357. The minimum absolute atomic E-state index is 0.0743. The zero-order valence-electron chi connectivity index (χ0n) is 10.7. The Labute approximate surface area is 107 Å². The Kier molecular flexibility index (Phi) is 5.94. The number of carbonyl (C=O) groups is 1. The van der Waals surface area contributed by atoms with E-state index < -0.39 is 0 Å². The molecule has 0 heterocycles. The van der Waals surface area contributed by atoms with E-state index in [1.54, 1.807) is 13.0 Å². The summed E-state index contributed by atoms with van der Waals surface area (Å²) in [5.74, 6) is 0.516. The molecular formula is C14H19NO3. The summed E-state index contributed by atoms with van der Waals surface area (Å²) in [7, 11) is 0. The maximum Gasteiger partial charge on any atom is 0.244 e. The van der Waals surface area contributed by atoms with Crippen molar-refractivity contribution < 1.29 is 14.6 Å². The van der Waals surface area contributed by atoms with Gasteiger partial charge in [0.15, 0.2) is 0 Å². The van der Waals surface area contributed by atoms with Crippen molar-refractivity contribution in [2.24, 2.45) is 0 Å². The Hall–Kier alpha value is -1.81. The number of rotatable bonds is 6. The monoisotopic (exact) mass is 249 g/mol. The molecule has 0 radical (unpaired) electrons. The van der Waals surface area contributed by atoms with Crippen LogP contribution in [0.1, 0.15) is 19.4 Å². The normalized spacial score (nSPS) is 12.4. The highest BCUT2D eigenvalue weighted by molar-refractivity contribution is 5.92. The Morgan fingerprint density at radius 1 is 1.50 bits per heavy atom. The van der Waals surface area contributed by atoms with Gasteiger partial charge in [-0.15, -0.1) is 0 Å². The lowest BCUT2D eigenvalue weighted by Gasteiger charge is -2.08. The van der Waals surface area contributed by atoms with Gasteiger partial charge in [-0.3, -0.25) is 4.79 Å². The maximum atomic E-state index is 11.5. The van der Waals surface area contributed by atoms with E-state index in [0.717, 1.165) is 11.3 Å². The number of benzene rings is 1. The average Bonchev–Trinajstić information content (AvgIpc) is 2.38. The van der Waals surface area contributed by atoms with Crippen molar-refractivity contribution in [1.82, 2.24) is 5.32 Å². The summed E-state index contributed by atoms with van der Waals surface area (Å²) >= 11 is 0. The summed E-state index contributed by atoms with van der Waals surface area (Å²) in [5, 5.41) is 11.5. The second-order valence-electron chi connectivity index (χ2n) is 3.90. The van der Waals surface area contributed by atoms with Gasteiger partial charge < -0.3 is 15.2 Å². The van der Waals surface area contributed by atoms with Gasteiger partial charge in [0.05, 0.1) is 13.2 Å². The van der Waals surface area contributed by atoms with E-state index in [1.807, 2.05) is 31.2 Å². The Morgan fingerprint density at radius 2 is 2.22 bits per heavy atom. The zero-order valence-corrected chi connectivity index (χ0v) is 10.7. The fourth-order valence-electron chi connectivity index (χ4n) is 1.41. The minimum Gasteiger partial charge on any atom is -0.493 e. The number of carbonyl (C=O) groups excluding carboxylic acids is 1. The van der Waals surface area contributed by atoms with Crippen molar-refractivity contribution in [1.29, 1.82) is 0 Å². The Bertz CT molecular complexity index is 415. The molecule has 0 fully saturated rings. The van der Waals surface area contributed by atoms with Crippen LogP contribution in [0.2, 0.25) is 0 Å². The number of ether oxygens (including phenoxy) is 1. The van der Waals surface area contributed by atoms with Gasteiger partial charge in [0.2, 0.25) is 5.91 Å². The quantitative estimate of drug-likeness (QED) is 0.753. The molecular weight excluding hydrogens is 230 g/mol. The molecule has 0 spiro atoms. The summed E-state index contributed by atoms with van der Waals surface area (Å²) in [6.07, 6.45) is 3.13. The Balaban J connectivity index is 2.68. The van der Waals surface area contributed by atoms with Crippen molar-refractivity contribution in [3.8, 4) is 5.75 Å². The summed E-state index contributed by atoms with van der Waals surface area (Å²) in [5.41, 5.74) is 0.853. The van der Waals surface area contributed by atoms with Crippen LogP contribution in [0, 0.1) is 0 Å². The van der Waals surface area contributed by atoms with Crippen LogP contribution in [-0.2, 0) is 4.79 Å². The van der Waals surface area contributed by atoms with E-state index in [2.05, 4.69) is 5.32 Å². The largest absolute Gasteiger partial charge is 0.493 e. The molecule has 0 aliphatic rings. The third-order valence-electron chi connectivity index (χ3n) is 2.30. The summed E-state index contributed by atoms with van der Waals surface area (Å²) in [6.45, 7) is 4.16. The molecule has 1 amide bonds. The van der Waals surface area contributed by atoms with Crippen LogP contribution in [0.4, 0.5) is 0 Å². The van der Waals surface area contributed by atoms with Crippen LogP contribution in [0.3, 0.4) is 0 Å². The van der Waals surface area contributed by atoms with Gasteiger partial charge in [0.1, 0.15) is 5.75 Å². The molecule has 0 unspecified atom stereocenters. The van der Waals surface area contributed by atoms with Crippen molar-refractivity contribution in [2.75, 3.05) is 13.2 Å². The number of para-hydroxylation sites is 1. The molecule has 1 aromatic carbocycles. The van der Waals surface area contributed by atoms with Crippen LogP contribution in [0.25, 0.3) is 6.08 Å². The topological polar surface area (TPSA) is 58.6 Å². The average molecular weight is 249 g/mol. The lowest BCUT2D eigenvalue weighted by atomic mass is 10.2. The van der Waals surface area contributed by atoms with Crippen molar-refractivity contribution in [3.63, 3.8) is 0 Å². The molecule has 1 atom stereocenters. The van der Waals surface area contributed by atoms with Gasteiger partial charge in [-0.1, -0.05) is 18.2 Å². The molecule has 0 saturated heterocycles.